The van der Waals surface area contributed by atoms with Gasteiger partial charge in [-0.3, -0.25) is 4.79 Å². The molecule has 0 saturated carbocycles. The van der Waals surface area contributed by atoms with Gasteiger partial charge in [-0.25, -0.2) is 0 Å². The molecule has 0 bridgehead atoms. The maximum absolute atomic E-state index is 11.9. The van der Waals surface area contributed by atoms with Gasteiger partial charge >= 0.3 is 0 Å². The normalized spacial score (nSPS) is 11.0. The Hall–Kier alpha value is -1.87. The Morgan fingerprint density at radius 2 is 1.86 bits per heavy atom. The third kappa shape index (κ3) is 4.87. The van der Waals surface area contributed by atoms with Crippen molar-refractivity contribution in [3.8, 4) is 0 Å². The fourth-order valence-electron chi connectivity index (χ4n) is 1.91. The van der Waals surface area contributed by atoms with Crippen LogP contribution in [-0.2, 0) is 4.79 Å². The Kier molecular flexibility index (Phi) is 5.34. The summed E-state index contributed by atoms with van der Waals surface area (Å²) < 4.78 is 0.938. The van der Waals surface area contributed by atoms with Crippen molar-refractivity contribution in [1.29, 1.82) is 0 Å². The molecule has 0 unspecified atom stereocenters. The molecule has 2 rings (SSSR count). The van der Waals surface area contributed by atoms with E-state index < -0.39 is 0 Å². The van der Waals surface area contributed by atoms with Gasteiger partial charge in [0.05, 0.1) is 0 Å². The van der Waals surface area contributed by atoms with E-state index >= 15 is 0 Å². The monoisotopic (exact) mass is 343 g/mol. The van der Waals surface area contributed by atoms with Crippen molar-refractivity contribution in [2.75, 3.05) is 5.32 Å². The first-order valence-corrected chi connectivity index (χ1v) is 7.68. The van der Waals surface area contributed by atoms with Gasteiger partial charge in [-0.1, -0.05) is 60.1 Å². The molecule has 0 atom stereocenters. The number of rotatable bonds is 4. The standard InChI is InChI=1S/C18H18BrNO/c1-13(2)15-9-6-14(7-10-15)8-11-18(21)20-17-5-3-4-16(19)12-17/h3-13H,1-2H3,(H,20,21)/b11-8+. The lowest BCUT2D eigenvalue weighted by Gasteiger charge is -2.05. The highest BCUT2D eigenvalue weighted by Gasteiger charge is 1.99. The van der Waals surface area contributed by atoms with Gasteiger partial charge in [0.2, 0.25) is 5.91 Å². The predicted octanol–water partition coefficient (Wildman–Crippen LogP) is 5.22. The summed E-state index contributed by atoms with van der Waals surface area (Å²) in [6, 6.07) is 15.8. The molecule has 21 heavy (non-hydrogen) atoms. The van der Waals surface area contributed by atoms with E-state index in [-0.39, 0.29) is 5.91 Å². The number of benzene rings is 2. The van der Waals surface area contributed by atoms with Crippen LogP contribution in [0.5, 0.6) is 0 Å². The SMILES string of the molecule is CC(C)c1ccc(/C=C/C(=O)Nc2cccc(Br)c2)cc1. The largest absolute Gasteiger partial charge is 0.322 e. The van der Waals surface area contributed by atoms with E-state index in [9.17, 15) is 4.79 Å². The number of carbonyl (C=O) groups excluding carboxylic acids is 1. The average molecular weight is 344 g/mol. The third-order valence-electron chi connectivity index (χ3n) is 3.12. The summed E-state index contributed by atoms with van der Waals surface area (Å²) in [5.74, 6) is 0.379. The van der Waals surface area contributed by atoms with E-state index in [0.29, 0.717) is 5.92 Å². The van der Waals surface area contributed by atoms with E-state index in [0.717, 1.165) is 15.7 Å². The number of halogens is 1. The summed E-state index contributed by atoms with van der Waals surface area (Å²) in [6.45, 7) is 4.33. The molecule has 2 nitrogen and oxygen atoms in total. The highest BCUT2D eigenvalue weighted by atomic mass is 79.9. The molecule has 0 fully saturated rings. The van der Waals surface area contributed by atoms with E-state index in [1.165, 1.54) is 5.56 Å². The molecule has 2 aromatic carbocycles. The maximum Gasteiger partial charge on any atom is 0.248 e. The Labute approximate surface area is 134 Å². The van der Waals surface area contributed by atoms with Crippen molar-refractivity contribution in [1.82, 2.24) is 0 Å². The minimum absolute atomic E-state index is 0.138. The Morgan fingerprint density at radius 1 is 1.14 bits per heavy atom. The maximum atomic E-state index is 11.9. The Balaban J connectivity index is 1.98. The van der Waals surface area contributed by atoms with Crippen LogP contribution in [0.15, 0.2) is 59.1 Å². The minimum Gasteiger partial charge on any atom is -0.322 e. The predicted molar refractivity (Wildman–Crippen MR) is 92.3 cm³/mol. The van der Waals surface area contributed by atoms with Crippen LogP contribution in [0.4, 0.5) is 5.69 Å². The highest BCUT2D eigenvalue weighted by molar-refractivity contribution is 9.10. The summed E-state index contributed by atoms with van der Waals surface area (Å²) >= 11 is 3.38. The van der Waals surface area contributed by atoms with Crippen LogP contribution in [0, 0.1) is 0 Å². The van der Waals surface area contributed by atoms with Gasteiger partial charge in [0, 0.05) is 16.2 Å². The molecule has 3 heteroatoms. The van der Waals surface area contributed by atoms with Crippen molar-refractivity contribution >= 4 is 33.6 Å². The van der Waals surface area contributed by atoms with Crippen molar-refractivity contribution in [3.05, 3.63) is 70.2 Å². The van der Waals surface area contributed by atoms with Gasteiger partial charge in [-0.15, -0.1) is 0 Å². The average Bonchev–Trinajstić information content (AvgIpc) is 2.45. The van der Waals surface area contributed by atoms with Gasteiger partial charge in [0.25, 0.3) is 0 Å². The van der Waals surface area contributed by atoms with Crippen molar-refractivity contribution < 1.29 is 4.79 Å². The highest BCUT2D eigenvalue weighted by Crippen LogP contribution is 2.17. The zero-order valence-electron chi connectivity index (χ0n) is 12.1. The van der Waals surface area contributed by atoms with Crippen molar-refractivity contribution in [2.45, 2.75) is 19.8 Å². The molecule has 0 aliphatic carbocycles. The van der Waals surface area contributed by atoms with Gasteiger partial charge < -0.3 is 5.32 Å². The minimum atomic E-state index is -0.138. The van der Waals surface area contributed by atoms with E-state index in [2.05, 4.69) is 47.2 Å². The molecule has 0 heterocycles. The zero-order valence-corrected chi connectivity index (χ0v) is 13.7. The molecular formula is C18H18BrNO. The van der Waals surface area contributed by atoms with Gasteiger partial charge in [0.15, 0.2) is 0 Å². The molecule has 1 amide bonds. The van der Waals surface area contributed by atoms with Crippen molar-refractivity contribution in [3.63, 3.8) is 0 Å². The van der Waals surface area contributed by atoms with E-state index in [1.54, 1.807) is 6.08 Å². The summed E-state index contributed by atoms with van der Waals surface area (Å²) in [6.07, 6.45) is 3.36. The number of anilines is 1. The number of hydrogen-bond acceptors (Lipinski definition) is 1. The molecular weight excluding hydrogens is 326 g/mol. The van der Waals surface area contributed by atoms with Crippen LogP contribution in [0.1, 0.15) is 30.9 Å². The van der Waals surface area contributed by atoms with Crippen LogP contribution in [0.25, 0.3) is 6.08 Å². The number of hydrogen-bond donors (Lipinski definition) is 1. The second-order valence-corrected chi connectivity index (χ2v) is 6.07. The molecule has 0 aliphatic rings. The molecule has 1 N–H and O–H groups in total. The second-order valence-electron chi connectivity index (χ2n) is 5.15. The molecule has 0 aliphatic heterocycles. The summed E-state index contributed by atoms with van der Waals surface area (Å²) in [5.41, 5.74) is 3.09. The van der Waals surface area contributed by atoms with Crippen LogP contribution in [0.2, 0.25) is 0 Å². The number of amides is 1. The summed E-state index contributed by atoms with van der Waals surface area (Å²) in [7, 11) is 0. The van der Waals surface area contributed by atoms with E-state index in [1.807, 2.05) is 42.5 Å². The van der Waals surface area contributed by atoms with E-state index in [4.69, 9.17) is 0 Å². The van der Waals surface area contributed by atoms with Gasteiger partial charge in [0.1, 0.15) is 0 Å². The number of carbonyl (C=O) groups is 1. The number of nitrogens with one attached hydrogen (secondary N) is 1. The lowest BCUT2D eigenvalue weighted by Crippen LogP contribution is -2.07. The smallest absolute Gasteiger partial charge is 0.248 e. The van der Waals surface area contributed by atoms with Crippen molar-refractivity contribution in [2.24, 2.45) is 0 Å². The molecule has 0 radical (unpaired) electrons. The second kappa shape index (κ2) is 7.23. The fourth-order valence-corrected chi connectivity index (χ4v) is 2.31. The van der Waals surface area contributed by atoms with Gasteiger partial charge in [-0.05, 0) is 41.3 Å². The summed E-state index contributed by atoms with van der Waals surface area (Å²) in [5, 5.41) is 2.83. The fraction of sp³-hybridized carbons (Fsp3) is 0.167. The first-order valence-electron chi connectivity index (χ1n) is 6.89. The third-order valence-corrected chi connectivity index (χ3v) is 3.62. The topological polar surface area (TPSA) is 29.1 Å². The molecule has 2 aromatic rings. The molecule has 0 saturated heterocycles. The van der Waals surface area contributed by atoms with Crippen LogP contribution < -0.4 is 5.32 Å². The first kappa shape index (κ1) is 15.5. The molecule has 0 aromatic heterocycles. The first-order chi connectivity index (χ1) is 10.0. The molecule has 0 spiro atoms. The zero-order chi connectivity index (χ0) is 15.2. The summed E-state index contributed by atoms with van der Waals surface area (Å²) in [4.78, 5) is 11.9. The Morgan fingerprint density at radius 3 is 2.48 bits per heavy atom. The van der Waals surface area contributed by atoms with Crippen LogP contribution >= 0.6 is 15.9 Å². The lowest BCUT2D eigenvalue weighted by atomic mass is 10.0. The lowest BCUT2D eigenvalue weighted by molar-refractivity contribution is -0.111. The molecule has 108 valence electrons. The van der Waals surface area contributed by atoms with Gasteiger partial charge in [-0.2, -0.15) is 0 Å². The van der Waals surface area contributed by atoms with Crippen LogP contribution in [0.3, 0.4) is 0 Å². The van der Waals surface area contributed by atoms with Crippen LogP contribution in [-0.4, -0.2) is 5.91 Å². The Bertz CT molecular complexity index is 645. The quantitative estimate of drug-likeness (QED) is 0.757.